The number of benzene rings is 2. The zero-order chi connectivity index (χ0) is 25.1. The van der Waals surface area contributed by atoms with E-state index < -0.39 is 11.9 Å². The SMILES string of the molecule is Cc1cccc2cc(CNc3ncnc(N)c3C(=[NH2+])C#C[C@@H](C)O)n(-c3ccccc3F)c(=O)c12. The lowest BCUT2D eigenvalue weighted by molar-refractivity contribution is -0.110. The number of hydrogen-bond acceptors (Lipinski definition) is 6. The number of nitrogens with one attached hydrogen (secondary N) is 1. The number of aliphatic hydroxyl groups excluding tert-OH is 1. The van der Waals surface area contributed by atoms with Crippen molar-refractivity contribution in [1.82, 2.24) is 14.5 Å². The first-order valence-corrected chi connectivity index (χ1v) is 10.8. The van der Waals surface area contributed by atoms with Crippen LogP contribution in [0.25, 0.3) is 16.5 Å². The van der Waals surface area contributed by atoms with Crippen LogP contribution in [0, 0.1) is 24.6 Å². The van der Waals surface area contributed by atoms with Crippen LogP contribution in [0.3, 0.4) is 0 Å². The van der Waals surface area contributed by atoms with Crippen LogP contribution in [0.4, 0.5) is 16.0 Å². The standard InChI is InChI=1S/C26H23FN6O2/c1-15-6-5-7-17-12-18(33(26(35)22(15)17)21-9-4-3-8-19(21)27)13-30-25-23(24(29)31-14-32-25)20(28)11-10-16(2)34/h3-9,12,14,16,28,34H,13H2,1-2H3,(H3,29,30,31,32)/p+1/t16-/m1/s1. The summed E-state index contributed by atoms with van der Waals surface area (Å²) in [5.41, 5.74) is 7.47. The molecule has 35 heavy (non-hydrogen) atoms. The molecule has 0 bridgehead atoms. The van der Waals surface area contributed by atoms with E-state index in [-0.39, 0.29) is 40.7 Å². The molecular formula is C26H24FN6O2+. The van der Waals surface area contributed by atoms with Gasteiger partial charge in [-0.15, -0.1) is 0 Å². The molecule has 4 rings (SSSR count). The topological polar surface area (TPSA) is 132 Å². The molecule has 0 aliphatic heterocycles. The molecule has 0 amide bonds. The van der Waals surface area contributed by atoms with E-state index in [0.717, 1.165) is 10.9 Å². The Hall–Kier alpha value is -4.55. The monoisotopic (exact) mass is 471 g/mol. The van der Waals surface area contributed by atoms with E-state index in [1.807, 2.05) is 31.2 Å². The van der Waals surface area contributed by atoms with Gasteiger partial charge in [-0.3, -0.25) is 9.36 Å². The van der Waals surface area contributed by atoms with Gasteiger partial charge in [0.25, 0.3) is 11.3 Å². The van der Waals surface area contributed by atoms with E-state index in [0.29, 0.717) is 11.1 Å². The minimum absolute atomic E-state index is 0.0760. The van der Waals surface area contributed by atoms with Crippen molar-refractivity contribution >= 4 is 28.1 Å². The van der Waals surface area contributed by atoms with Gasteiger partial charge in [0.15, 0.2) is 0 Å². The Bertz CT molecular complexity index is 1570. The number of anilines is 2. The van der Waals surface area contributed by atoms with Gasteiger partial charge in [0.05, 0.1) is 17.6 Å². The number of nitrogens with two attached hydrogens (primary N) is 2. The summed E-state index contributed by atoms with van der Waals surface area (Å²) < 4.78 is 16.1. The summed E-state index contributed by atoms with van der Waals surface area (Å²) in [4.78, 5) is 21.8. The first kappa shape index (κ1) is 23.6. The van der Waals surface area contributed by atoms with Crippen LogP contribution < -0.4 is 22.0 Å². The minimum atomic E-state index is -0.882. The molecule has 0 aliphatic rings. The number of para-hydroxylation sites is 1. The molecule has 6 N–H and O–H groups in total. The van der Waals surface area contributed by atoms with Gasteiger partial charge in [-0.25, -0.2) is 19.8 Å². The highest BCUT2D eigenvalue weighted by molar-refractivity contribution is 6.14. The Labute approximate surface area is 200 Å². The van der Waals surface area contributed by atoms with Crippen molar-refractivity contribution in [2.45, 2.75) is 26.5 Å². The van der Waals surface area contributed by atoms with Crippen LogP contribution in [0.5, 0.6) is 0 Å². The second-order valence-corrected chi connectivity index (χ2v) is 7.96. The number of nitrogens with zero attached hydrogens (tertiary/aromatic N) is 3. The maximum atomic E-state index is 14.8. The van der Waals surface area contributed by atoms with Crippen molar-refractivity contribution in [2.75, 3.05) is 11.1 Å². The van der Waals surface area contributed by atoms with E-state index >= 15 is 0 Å². The molecule has 0 saturated heterocycles. The summed E-state index contributed by atoms with van der Waals surface area (Å²) in [5.74, 6) is 5.07. The van der Waals surface area contributed by atoms with Crippen LogP contribution in [0.15, 0.2) is 59.7 Å². The second-order valence-electron chi connectivity index (χ2n) is 7.96. The van der Waals surface area contributed by atoms with E-state index in [1.54, 1.807) is 18.2 Å². The van der Waals surface area contributed by atoms with Gasteiger partial charge in [-0.05, 0) is 43.0 Å². The molecule has 2 heterocycles. The third kappa shape index (κ3) is 4.74. The molecule has 0 spiro atoms. The van der Waals surface area contributed by atoms with Crippen molar-refractivity contribution < 1.29 is 14.9 Å². The van der Waals surface area contributed by atoms with Gasteiger partial charge in [-0.1, -0.05) is 36.3 Å². The normalized spacial score (nSPS) is 11.5. The number of fused-ring (bicyclic) bond motifs is 1. The second kappa shape index (κ2) is 9.75. The van der Waals surface area contributed by atoms with E-state index in [1.165, 1.54) is 23.9 Å². The van der Waals surface area contributed by atoms with Crippen molar-refractivity contribution in [3.63, 3.8) is 0 Å². The molecule has 0 fully saturated rings. The van der Waals surface area contributed by atoms with Gasteiger partial charge in [0.2, 0.25) is 0 Å². The predicted octanol–water partition coefficient (Wildman–Crippen LogP) is 1.35. The molecule has 0 aliphatic carbocycles. The quantitative estimate of drug-likeness (QED) is 0.257. The van der Waals surface area contributed by atoms with E-state index in [4.69, 9.17) is 11.1 Å². The first-order valence-electron chi connectivity index (χ1n) is 10.8. The third-order valence-corrected chi connectivity index (χ3v) is 5.42. The lowest BCUT2D eigenvalue weighted by atomic mass is 10.1. The number of rotatable bonds is 5. The number of nitrogen functional groups attached to an aromatic ring is 1. The summed E-state index contributed by atoms with van der Waals surface area (Å²) in [5, 5.41) is 19.9. The zero-order valence-corrected chi connectivity index (χ0v) is 19.2. The highest BCUT2D eigenvalue weighted by Gasteiger charge is 2.19. The van der Waals surface area contributed by atoms with Crippen LogP contribution >= 0.6 is 0 Å². The number of pyridine rings is 1. The van der Waals surface area contributed by atoms with Crippen LogP contribution in [-0.2, 0) is 6.54 Å². The summed E-state index contributed by atoms with van der Waals surface area (Å²) in [6, 6.07) is 13.5. The summed E-state index contributed by atoms with van der Waals surface area (Å²) in [6.07, 6.45) is 0.386. The maximum absolute atomic E-state index is 14.8. The van der Waals surface area contributed by atoms with Crippen molar-refractivity contribution in [1.29, 1.82) is 0 Å². The Balaban J connectivity index is 1.83. The summed E-state index contributed by atoms with van der Waals surface area (Å²) in [6.45, 7) is 3.44. The molecule has 8 nitrogen and oxygen atoms in total. The Morgan fingerprint density at radius 2 is 2.03 bits per heavy atom. The molecule has 176 valence electrons. The maximum Gasteiger partial charge on any atom is 0.263 e. The number of halogens is 1. The van der Waals surface area contributed by atoms with Crippen LogP contribution in [-0.4, -0.2) is 31.5 Å². The van der Waals surface area contributed by atoms with Gasteiger partial charge in [0, 0.05) is 11.6 Å². The lowest BCUT2D eigenvalue weighted by Gasteiger charge is -2.17. The van der Waals surface area contributed by atoms with E-state index in [2.05, 4.69) is 27.1 Å². The van der Waals surface area contributed by atoms with Crippen LogP contribution in [0.1, 0.15) is 23.7 Å². The highest BCUT2D eigenvalue weighted by atomic mass is 19.1. The number of hydrogen-bond donors (Lipinski definition) is 4. The highest BCUT2D eigenvalue weighted by Crippen LogP contribution is 2.22. The first-order chi connectivity index (χ1) is 16.8. The average Bonchev–Trinajstić information content (AvgIpc) is 2.82. The van der Waals surface area contributed by atoms with Gasteiger partial charge < -0.3 is 16.2 Å². The molecule has 9 heteroatoms. The largest absolute Gasteiger partial charge is 0.383 e. The lowest BCUT2D eigenvalue weighted by Crippen LogP contribution is -2.40. The third-order valence-electron chi connectivity index (χ3n) is 5.42. The Morgan fingerprint density at radius 1 is 1.26 bits per heavy atom. The summed E-state index contributed by atoms with van der Waals surface area (Å²) in [7, 11) is 0. The van der Waals surface area contributed by atoms with Crippen LogP contribution in [0.2, 0.25) is 0 Å². The summed E-state index contributed by atoms with van der Waals surface area (Å²) >= 11 is 0. The van der Waals surface area contributed by atoms with Crippen molar-refractivity contribution in [2.24, 2.45) is 0 Å². The number of aryl methyl sites for hydroxylation is 1. The molecular weight excluding hydrogens is 447 g/mol. The Kier molecular flexibility index (Phi) is 6.57. The van der Waals surface area contributed by atoms with Crippen molar-refractivity contribution in [3.05, 3.63) is 87.9 Å². The van der Waals surface area contributed by atoms with Gasteiger partial charge in [0.1, 0.15) is 35.4 Å². The fourth-order valence-electron chi connectivity index (χ4n) is 3.83. The fourth-order valence-corrected chi connectivity index (χ4v) is 3.83. The zero-order valence-electron chi connectivity index (χ0n) is 19.2. The average molecular weight is 472 g/mol. The predicted molar refractivity (Wildman–Crippen MR) is 134 cm³/mol. The molecule has 0 unspecified atom stereocenters. The number of aliphatic hydroxyl groups is 1. The minimum Gasteiger partial charge on any atom is -0.383 e. The fraction of sp³-hybridized carbons (Fsp3) is 0.154. The molecule has 0 radical (unpaired) electrons. The van der Waals surface area contributed by atoms with E-state index in [9.17, 15) is 14.3 Å². The molecule has 4 aromatic rings. The number of aromatic nitrogens is 3. The van der Waals surface area contributed by atoms with Gasteiger partial charge >= 0.3 is 0 Å². The molecule has 2 aromatic carbocycles. The Morgan fingerprint density at radius 3 is 2.77 bits per heavy atom. The molecule has 0 saturated carbocycles. The molecule has 2 aromatic heterocycles. The van der Waals surface area contributed by atoms with Gasteiger partial charge in [-0.2, -0.15) is 0 Å². The smallest absolute Gasteiger partial charge is 0.263 e. The molecule has 1 atom stereocenters. The van der Waals surface area contributed by atoms with Crippen molar-refractivity contribution in [3.8, 4) is 17.5 Å².